The molecule has 0 bridgehead atoms. The third-order valence-corrected chi connectivity index (χ3v) is 4.61. The minimum absolute atomic E-state index is 0.199. The molecule has 0 spiro atoms. The number of aromatic nitrogens is 1. The lowest BCUT2D eigenvalue weighted by atomic mass is 10.1. The SMILES string of the molecule is COc1cc(OC)c2[nH]c(C(=O)N[C@@H](C)c3ccc4c(c3)OCO4)cc2c1. The highest BCUT2D eigenvalue weighted by atomic mass is 16.7. The van der Waals surface area contributed by atoms with Crippen LogP contribution in [0.3, 0.4) is 0 Å². The van der Waals surface area contributed by atoms with Crippen molar-refractivity contribution in [3.8, 4) is 23.0 Å². The summed E-state index contributed by atoms with van der Waals surface area (Å²) in [5, 5.41) is 3.83. The molecule has 2 aromatic carbocycles. The van der Waals surface area contributed by atoms with Crippen molar-refractivity contribution in [2.75, 3.05) is 21.0 Å². The molecular weight excluding hydrogens is 348 g/mol. The van der Waals surface area contributed by atoms with Gasteiger partial charge in [-0.15, -0.1) is 0 Å². The molecule has 0 saturated heterocycles. The number of benzene rings is 2. The standard InChI is InChI=1S/C20H20N2O5/c1-11(12-4-5-16-17(8-12)27-10-26-16)21-20(23)15-7-13-6-14(24-2)9-18(25-3)19(13)22-15/h4-9,11,22H,10H2,1-3H3,(H,21,23)/t11-/m0/s1. The Morgan fingerprint density at radius 2 is 1.93 bits per heavy atom. The average molecular weight is 368 g/mol. The Hall–Kier alpha value is -3.35. The van der Waals surface area contributed by atoms with Gasteiger partial charge in [-0.2, -0.15) is 0 Å². The average Bonchev–Trinajstić information content (AvgIpc) is 3.32. The van der Waals surface area contributed by atoms with Gasteiger partial charge in [-0.05, 0) is 36.8 Å². The molecule has 2 N–H and O–H groups in total. The van der Waals surface area contributed by atoms with Crippen molar-refractivity contribution in [1.29, 1.82) is 0 Å². The topological polar surface area (TPSA) is 81.8 Å². The lowest BCUT2D eigenvalue weighted by Gasteiger charge is -2.14. The molecule has 27 heavy (non-hydrogen) atoms. The number of hydrogen-bond acceptors (Lipinski definition) is 5. The summed E-state index contributed by atoms with van der Waals surface area (Å²) in [5.74, 6) is 2.48. The Balaban J connectivity index is 1.57. The maximum Gasteiger partial charge on any atom is 0.268 e. The first-order valence-electron chi connectivity index (χ1n) is 8.54. The van der Waals surface area contributed by atoms with Crippen LogP contribution in [0.25, 0.3) is 10.9 Å². The highest BCUT2D eigenvalue weighted by Crippen LogP contribution is 2.34. The molecule has 0 saturated carbocycles. The van der Waals surface area contributed by atoms with Crippen LogP contribution in [0.2, 0.25) is 0 Å². The van der Waals surface area contributed by atoms with E-state index >= 15 is 0 Å². The molecule has 0 fully saturated rings. The van der Waals surface area contributed by atoms with Crippen LogP contribution < -0.4 is 24.3 Å². The third kappa shape index (κ3) is 3.12. The number of carbonyl (C=O) groups excluding carboxylic acids is 1. The first-order valence-corrected chi connectivity index (χ1v) is 8.54. The van der Waals surface area contributed by atoms with E-state index in [9.17, 15) is 4.79 Å². The van der Waals surface area contributed by atoms with Gasteiger partial charge in [0, 0.05) is 11.5 Å². The van der Waals surface area contributed by atoms with Gasteiger partial charge in [0.1, 0.15) is 17.2 Å². The van der Waals surface area contributed by atoms with E-state index in [4.69, 9.17) is 18.9 Å². The van der Waals surface area contributed by atoms with Crippen LogP contribution in [0.15, 0.2) is 36.4 Å². The van der Waals surface area contributed by atoms with Crippen LogP contribution in [0.1, 0.15) is 29.0 Å². The Bertz CT molecular complexity index is 1010. The maximum absolute atomic E-state index is 12.7. The van der Waals surface area contributed by atoms with Gasteiger partial charge in [0.15, 0.2) is 11.5 Å². The number of amides is 1. The predicted octanol–water partition coefficient (Wildman–Crippen LogP) is 3.40. The Labute approximate surface area is 156 Å². The normalized spacial score (nSPS) is 13.4. The lowest BCUT2D eigenvalue weighted by molar-refractivity contribution is 0.0935. The third-order valence-electron chi connectivity index (χ3n) is 4.61. The van der Waals surface area contributed by atoms with Crippen molar-refractivity contribution in [3.63, 3.8) is 0 Å². The van der Waals surface area contributed by atoms with E-state index in [1.807, 2.05) is 31.2 Å². The number of rotatable bonds is 5. The number of ether oxygens (including phenoxy) is 4. The number of hydrogen-bond donors (Lipinski definition) is 2. The molecule has 1 aromatic heterocycles. The summed E-state index contributed by atoms with van der Waals surface area (Å²) in [6.45, 7) is 2.14. The van der Waals surface area contributed by atoms with Gasteiger partial charge in [-0.3, -0.25) is 4.79 Å². The zero-order valence-electron chi connectivity index (χ0n) is 15.3. The van der Waals surface area contributed by atoms with Crippen LogP contribution in [-0.2, 0) is 0 Å². The number of H-pyrrole nitrogens is 1. The fraction of sp³-hybridized carbons (Fsp3) is 0.250. The van der Waals surface area contributed by atoms with Gasteiger partial charge in [-0.1, -0.05) is 6.07 Å². The van der Waals surface area contributed by atoms with Gasteiger partial charge in [0.25, 0.3) is 5.91 Å². The van der Waals surface area contributed by atoms with Crippen molar-refractivity contribution in [1.82, 2.24) is 10.3 Å². The first-order chi connectivity index (χ1) is 13.1. The minimum Gasteiger partial charge on any atom is -0.497 e. The fourth-order valence-electron chi connectivity index (χ4n) is 3.13. The molecular formula is C20H20N2O5. The second-order valence-electron chi connectivity index (χ2n) is 6.28. The zero-order valence-corrected chi connectivity index (χ0v) is 15.3. The zero-order chi connectivity index (χ0) is 19.0. The molecule has 0 aliphatic carbocycles. The van der Waals surface area contributed by atoms with E-state index in [0.29, 0.717) is 28.7 Å². The highest BCUT2D eigenvalue weighted by Gasteiger charge is 2.19. The summed E-state index contributed by atoms with van der Waals surface area (Å²) in [6.07, 6.45) is 0. The smallest absolute Gasteiger partial charge is 0.268 e. The summed E-state index contributed by atoms with van der Waals surface area (Å²) < 4.78 is 21.4. The van der Waals surface area contributed by atoms with Crippen molar-refractivity contribution >= 4 is 16.8 Å². The molecule has 7 nitrogen and oxygen atoms in total. The number of fused-ring (bicyclic) bond motifs is 2. The van der Waals surface area contributed by atoms with E-state index < -0.39 is 0 Å². The number of aromatic amines is 1. The summed E-state index contributed by atoms with van der Waals surface area (Å²) in [7, 11) is 3.17. The Morgan fingerprint density at radius 3 is 2.70 bits per heavy atom. The molecule has 1 atom stereocenters. The van der Waals surface area contributed by atoms with Crippen LogP contribution in [0, 0.1) is 0 Å². The maximum atomic E-state index is 12.7. The van der Waals surface area contributed by atoms with Crippen LogP contribution in [-0.4, -0.2) is 31.9 Å². The van der Waals surface area contributed by atoms with E-state index in [2.05, 4.69) is 10.3 Å². The van der Waals surface area contributed by atoms with Crippen LogP contribution >= 0.6 is 0 Å². The molecule has 1 aliphatic heterocycles. The van der Waals surface area contributed by atoms with E-state index in [1.54, 1.807) is 26.4 Å². The summed E-state index contributed by atoms with van der Waals surface area (Å²) in [6, 6.07) is 10.9. The molecule has 2 heterocycles. The summed E-state index contributed by atoms with van der Waals surface area (Å²) in [5.41, 5.74) is 2.13. The van der Waals surface area contributed by atoms with Crippen LogP contribution in [0.4, 0.5) is 0 Å². The molecule has 140 valence electrons. The molecule has 3 aromatic rings. The highest BCUT2D eigenvalue weighted by molar-refractivity contribution is 6.00. The molecule has 7 heteroatoms. The molecule has 1 amide bonds. The molecule has 4 rings (SSSR count). The fourth-order valence-corrected chi connectivity index (χ4v) is 3.13. The van der Waals surface area contributed by atoms with Gasteiger partial charge >= 0.3 is 0 Å². The van der Waals surface area contributed by atoms with Gasteiger partial charge < -0.3 is 29.2 Å². The number of carbonyl (C=O) groups is 1. The Morgan fingerprint density at radius 1 is 1.11 bits per heavy atom. The molecule has 1 aliphatic rings. The largest absolute Gasteiger partial charge is 0.497 e. The molecule has 0 unspecified atom stereocenters. The van der Waals surface area contributed by atoms with Crippen LogP contribution in [0.5, 0.6) is 23.0 Å². The van der Waals surface area contributed by atoms with E-state index in [0.717, 1.165) is 16.5 Å². The van der Waals surface area contributed by atoms with Gasteiger partial charge in [-0.25, -0.2) is 0 Å². The lowest BCUT2D eigenvalue weighted by Crippen LogP contribution is -2.26. The van der Waals surface area contributed by atoms with Crippen molar-refractivity contribution in [2.45, 2.75) is 13.0 Å². The quantitative estimate of drug-likeness (QED) is 0.721. The van der Waals surface area contributed by atoms with Gasteiger partial charge in [0.05, 0.1) is 25.8 Å². The van der Waals surface area contributed by atoms with Crippen molar-refractivity contribution < 1.29 is 23.7 Å². The Kier molecular flexibility index (Phi) is 4.27. The van der Waals surface area contributed by atoms with E-state index in [-0.39, 0.29) is 18.7 Å². The van der Waals surface area contributed by atoms with Gasteiger partial charge in [0.2, 0.25) is 6.79 Å². The van der Waals surface area contributed by atoms with Crippen molar-refractivity contribution in [2.24, 2.45) is 0 Å². The summed E-state index contributed by atoms with van der Waals surface area (Å²) in [4.78, 5) is 15.8. The second kappa shape index (κ2) is 6.75. The second-order valence-corrected chi connectivity index (χ2v) is 6.28. The number of methoxy groups -OCH3 is 2. The summed E-state index contributed by atoms with van der Waals surface area (Å²) >= 11 is 0. The monoisotopic (exact) mass is 368 g/mol. The predicted molar refractivity (Wildman–Crippen MR) is 99.8 cm³/mol. The molecule has 0 radical (unpaired) electrons. The minimum atomic E-state index is -0.211. The van der Waals surface area contributed by atoms with E-state index in [1.165, 1.54) is 0 Å². The van der Waals surface area contributed by atoms with Crippen molar-refractivity contribution in [3.05, 3.63) is 47.7 Å². The first kappa shape index (κ1) is 17.1. The number of nitrogens with one attached hydrogen (secondary N) is 2.